The number of carbonyl (C=O) groups is 1. The zero-order chi connectivity index (χ0) is 10.7. The Morgan fingerprint density at radius 2 is 2.27 bits per heavy atom. The Bertz CT molecular complexity index is 224. The molecular weight excluding hydrogens is 190 g/mol. The minimum absolute atomic E-state index is 0.150. The molecule has 2 saturated heterocycles. The predicted octanol–water partition coefficient (Wildman–Crippen LogP) is 1.81. The lowest BCUT2D eigenvalue weighted by Crippen LogP contribution is -2.46. The Morgan fingerprint density at radius 3 is 2.93 bits per heavy atom. The highest BCUT2D eigenvalue weighted by Crippen LogP contribution is 2.24. The van der Waals surface area contributed by atoms with E-state index in [0.717, 1.165) is 26.0 Å². The molecule has 2 heterocycles. The Labute approximate surface area is 91.8 Å². The van der Waals surface area contributed by atoms with Gasteiger partial charge in [0.1, 0.15) is 0 Å². The molecule has 86 valence electrons. The maximum atomic E-state index is 12.2. The molecule has 0 aromatic carbocycles. The number of ether oxygens (including phenoxy) is 1. The van der Waals surface area contributed by atoms with E-state index in [1.807, 2.05) is 0 Å². The summed E-state index contributed by atoms with van der Waals surface area (Å²) >= 11 is 0. The van der Waals surface area contributed by atoms with E-state index in [-0.39, 0.29) is 5.92 Å². The number of amides is 1. The summed E-state index contributed by atoms with van der Waals surface area (Å²) in [6, 6.07) is 0.492. The molecule has 0 aromatic rings. The van der Waals surface area contributed by atoms with Crippen molar-refractivity contribution in [3.8, 4) is 0 Å². The van der Waals surface area contributed by atoms with Crippen LogP contribution in [0.4, 0.5) is 0 Å². The van der Waals surface area contributed by atoms with Gasteiger partial charge in [0, 0.05) is 19.2 Å². The lowest BCUT2D eigenvalue weighted by atomic mass is 9.97. The summed E-state index contributed by atoms with van der Waals surface area (Å²) in [5.41, 5.74) is 0. The van der Waals surface area contributed by atoms with Gasteiger partial charge in [-0.1, -0.05) is 6.92 Å². The van der Waals surface area contributed by atoms with Crippen LogP contribution in [0.1, 0.15) is 39.0 Å². The third kappa shape index (κ3) is 2.33. The normalized spacial score (nSPS) is 31.9. The van der Waals surface area contributed by atoms with Gasteiger partial charge < -0.3 is 9.64 Å². The number of piperidine rings is 1. The summed E-state index contributed by atoms with van der Waals surface area (Å²) in [5, 5.41) is 0. The van der Waals surface area contributed by atoms with Crippen LogP contribution in [0.3, 0.4) is 0 Å². The molecule has 2 aliphatic rings. The molecule has 0 saturated carbocycles. The van der Waals surface area contributed by atoms with Crippen molar-refractivity contribution in [3.05, 3.63) is 0 Å². The van der Waals surface area contributed by atoms with Crippen molar-refractivity contribution in [1.82, 2.24) is 4.90 Å². The molecule has 2 atom stereocenters. The summed E-state index contributed by atoms with van der Waals surface area (Å²) in [7, 11) is 0. The fourth-order valence-corrected chi connectivity index (χ4v) is 2.68. The summed E-state index contributed by atoms with van der Waals surface area (Å²) in [6.45, 7) is 4.56. The minimum Gasteiger partial charge on any atom is -0.381 e. The number of hydrogen-bond acceptors (Lipinski definition) is 2. The number of carbonyl (C=O) groups excluding carboxylic acids is 1. The van der Waals surface area contributed by atoms with E-state index in [4.69, 9.17) is 4.74 Å². The first kappa shape index (κ1) is 10.9. The summed E-state index contributed by atoms with van der Waals surface area (Å²) in [6.07, 6.45) is 5.67. The van der Waals surface area contributed by atoms with Crippen LogP contribution < -0.4 is 0 Å². The molecule has 0 radical (unpaired) electrons. The van der Waals surface area contributed by atoms with Crippen LogP contribution in [0.15, 0.2) is 0 Å². The van der Waals surface area contributed by atoms with Crippen molar-refractivity contribution >= 4 is 5.91 Å². The molecule has 15 heavy (non-hydrogen) atoms. The third-order valence-corrected chi connectivity index (χ3v) is 3.66. The van der Waals surface area contributed by atoms with Gasteiger partial charge in [-0.2, -0.15) is 0 Å². The maximum absolute atomic E-state index is 12.2. The number of rotatable bonds is 2. The topological polar surface area (TPSA) is 29.5 Å². The van der Waals surface area contributed by atoms with Gasteiger partial charge in [0.2, 0.25) is 5.91 Å². The van der Waals surface area contributed by atoms with Crippen molar-refractivity contribution in [3.63, 3.8) is 0 Å². The standard InChI is InChI=1S/C12H21NO2/c1-2-11-5-3-4-7-13(11)12(14)10-6-8-15-9-10/h10-11H,2-9H2,1H3. The molecule has 2 rings (SSSR count). The average Bonchev–Trinajstić information content (AvgIpc) is 2.81. The van der Waals surface area contributed by atoms with Gasteiger partial charge in [0.15, 0.2) is 0 Å². The Morgan fingerprint density at radius 1 is 1.40 bits per heavy atom. The highest BCUT2D eigenvalue weighted by atomic mass is 16.5. The van der Waals surface area contributed by atoms with E-state index < -0.39 is 0 Å². The van der Waals surface area contributed by atoms with Gasteiger partial charge >= 0.3 is 0 Å². The first-order chi connectivity index (χ1) is 7.33. The number of likely N-dealkylation sites (tertiary alicyclic amines) is 1. The fourth-order valence-electron chi connectivity index (χ4n) is 2.68. The van der Waals surface area contributed by atoms with Gasteiger partial charge in [0.05, 0.1) is 12.5 Å². The molecule has 2 unspecified atom stereocenters. The van der Waals surface area contributed by atoms with Gasteiger partial charge in [-0.3, -0.25) is 4.79 Å². The van der Waals surface area contributed by atoms with Crippen molar-refractivity contribution < 1.29 is 9.53 Å². The van der Waals surface area contributed by atoms with Gasteiger partial charge in [0.25, 0.3) is 0 Å². The molecular formula is C12H21NO2. The lowest BCUT2D eigenvalue weighted by Gasteiger charge is -2.36. The van der Waals surface area contributed by atoms with Gasteiger partial charge in [-0.15, -0.1) is 0 Å². The molecule has 2 fully saturated rings. The zero-order valence-corrected chi connectivity index (χ0v) is 9.58. The molecule has 0 aliphatic carbocycles. The molecule has 0 aromatic heterocycles. The monoisotopic (exact) mass is 211 g/mol. The Balaban J connectivity index is 1.96. The van der Waals surface area contributed by atoms with E-state index in [0.29, 0.717) is 18.6 Å². The van der Waals surface area contributed by atoms with E-state index >= 15 is 0 Å². The van der Waals surface area contributed by atoms with Crippen LogP contribution in [-0.2, 0) is 9.53 Å². The van der Waals surface area contributed by atoms with Crippen molar-refractivity contribution in [2.45, 2.75) is 45.1 Å². The third-order valence-electron chi connectivity index (χ3n) is 3.66. The summed E-state index contributed by atoms with van der Waals surface area (Å²) < 4.78 is 5.29. The zero-order valence-electron chi connectivity index (χ0n) is 9.58. The van der Waals surface area contributed by atoms with E-state index in [2.05, 4.69) is 11.8 Å². The first-order valence-electron chi connectivity index (χ1n) is 6.21. The van der Waals surface area contributed by atoms with Crippen LogP contribution in [-0.4, -0.2) is 36.6 Å². The van der Waals surface area contributed by atoms with Crippen molar-refractivity contribution in [2.24, 2.45) is 5.92 Å². The van der Waals surface area contributed by atoms with Crippen LogP contribution in [0.2, 0.25) is 0 Å². The second kappa shape index (κ2) is 4.97. The summed E-state index contributed by atoms with van der Waals surface area (Å²) in [5.74, 6) is 0.496. The van der Waals surface area contributed by atoms with Crippen LogP contribution >= 0.6 is 0 Å². The second-order valence-electron chi connectivity index (χ2n) is 4.65. The SMILES string of the molecule is CCC1CCCCN1C(=O)C1CCOC1. The largest absolute Gasteiger partial charge is 0.381 e. The molecule has 1 amide bonds. The highest BCUT2D eigenvalue weighted by Gasteiger charge is 2.32. The second-order valence-corrected chi connectivity index (χ2v) is 4.65. The lowest BCUT2D eigenvalue weighted by molar-refractivity contribution is -0.139. The smallest absolute Gasteiger partial charge is 0.228 e. The summed E-state index contributed by atoms with van der Waals surface area (Å²) in [4.78, 5) is 14.3. The molecule has 0 spiro atoms. The average molecular weight is 211 g/mol. The van der Waals surface area contributed by atoms with E-state index in [9.17, 15) is 4.79 Å². The minimum atomic E-state index is 0.150. The quantitative estimate of drug-likeness (QED) is 0.697. The molecule has 0 bridgehead atoms. The molecule has 2 aliphatic heterocycles. The predicted molar refractivity (Wildman–Crippen MR) is 58.6 cm³/mol. The van der Waals surface area contributed by atoms with Crippen LogP contribution in [0.25, 0.3) is 0 Å². The Hall–Kier alpha value is -0.570. The number of hydrogen-bond donors (Lipinski definition) is 0. The highest BCUT2D eigenvalue weighted by molar-refractivity contribution is 5.79. The Kier molecular flexibility index (Phi) is 3.62. The molecule has 3 heteroatoms. The van der Waals surface area contributed by atoms with Crippen molar-refractivity contribution in [2.75, 3.05) is 19.8 Å². The first-order valence-corrected chi connectivity index (χ1v) is 6.21. The van der Waals surface area contributed by atoms with Crippen molar-refractivity contribution in [1.29, 1.82) is 0 Å². The van der Waals surface area contributed by atoms with Crippen LogP contribution in [0.5, 0.6) is 0 Å². The van der Waals surface area contributed by atoms with Gasteiger partial charge in [-0.25, -0.2) is 0 Å². The van der Waals surface area contributed by atoms with E-state index in [1.165, 1.54) is 19.3 Å². The number of nitrogens with zero attached hydrogens (tertiary/aromatic N) is 1. The fraction of sp³-hybridized carbons (Fsp3) is 0.917. The maximum Gasteiger partial charge on any atom is 0.228 e. The van der Waals surface area contributed by atoms with E-state index in [1.54, 1.807) is 0 Å². The van der Waals surface area contributed by atoms with Crippen LogP contribution in [0, 0.1) is 5.92 Å². The molecule has 0 N–H and O–H groups in total. The molecule has 3 nitrogen and oxygen atoms in total. The van der Waals surface area contributed by atoms with Gasteiger partial charge in [-0.05, 0) is 32.1 Å².